The zero-order chi connectivity index (χ0) is 18.9. The van der Waals surface area contributed by atoms with E-state index < -0.39 is 17.6 Å². The lowest BCUT2D eigenvalue weighted by Crippen LogP contribution is -2.37. The highest BCUT2D eigenvalue weighted by Gasteiger charge is 2.31. The molecule has 8 heteroatoms. The van der Waals surface area contributed by atoms with E-state index in [1.807, 2.05) is 0 Å². The van der Waals surface area contributed by atoms with Crippen LogP contribution in [-0.4, -0.2) is 17.1 Å². The van der Waals surface area contributed by atoms with Crippen molar-refractivity contribution >= 4 is 17.5 Å². The maximum Gasteiger partial charge on any atom is 0.416 e. The zero-order valence-corrected chi connectivity index (χ0v) is 14.8. The predicted molar refractivity (Wildman–Crippen MR) is 90.8 cm³/mol. The smallest absolute Gasteiger partial charge is 0.354 e. The molecule has 1 aromatic heterocycles. The molecule has 1 aromatic carbocycles. The zero-order valence-electron chi connectivity index (χ0n) is 14.1. The maximum absolute atomic E-state index is 12.6. The molecular formula is C18H18ClF3N2O2. The van der Waals surface area contributed by atoms with E-state index in [9.17, 15) is 18.0 Å². The van der Waals surface area contributed by atoms with Gasteiger partial charge in [0.2, 0.25) is 0 Å². The van der Waals surface area contributed by atoms with Crippen molar-refractivity contribution < 1.29 is 22.5 Å². The van der Waals surface area contributed by atoms with E-state index in [4.69, 9.17) is 16.1 Å². The van der Waals surface area contributed by atoms with E-state index in [0.717, 1.165) is 37.8 Å². The number of rotatable bonds is 3. The Labute approximate surface area is 153 Å². The molecule has 0 saturated heterocycles. The largest absolute Gasteiger partial charge is 0.416 e. The molecule has 0 spiro atoms. The van der Waals surface area contributed by atoms with Crippen molar-refractivity contribution in [3.63, 3.8) is 0 Å². The summed E-state index contributed by atoms with van der Waals surface area (Å²) >= 11 is 6.18. The molecule has 0 radical (unpaired) electrons. The topological polar surface area (TPSA) is 55.1 Å². The van der Waals surface area contributed by atoms with Crippen LogP contribution in [0.1, 0.15) is 48.7 Å². The van der Waals surface area contributed by atoms with Crippen LogP contribution >= 0.6 is 11.6 Å². The van der Waals surface area contributed by atoms with Crippen LogP contribution < -0.4 is 5.32 Å². The number of carbonyl (C=O) groups is 1. The van der Waals surface area contributed by atoms with Gasteiger partial charge in [-0.15, -0.1) is 0 Å². The fraction of sp³-hybridized carbons (Fsp3) is 0.444. The van der Waals surface area contributed by atoms with Crippen molar-refractivity contribution in [2.45, 2.75) is 44.8 Å². The molecular weight excluding hydrogens is 369 g/mol. The quantitative estimate of drug-likeness (QED) is 0.776. The number of carbonyl (C=O) groups excluding carboxylic acids is 1. The Bertz CT molecular complexity index is 779. The third-order valence-corrected chi connectivity index (χ3v) is 5.03. The highest BCUT2D eigenvalue weighted by Crippen LogP contribution is 2.34. The molecule has 26 heavy (non-hydrogen) atoms. The Morgan fingerprint density at radius 1 is 1.19 bits per heavy atom. The van der Waals surface area contributed by atoms with Gasteiger partial charge in [-0.25, -0.2) is 0 Å². The van der Waals surface area contributed by atoms with Gasteiger partial charge in [-0.05, 0) is 43.7 Å². The molecule has 1 amide bonds. The molecule has 0 unspecified atom stereocenters. The van der Waals surface area contributed by atoms with Crippen LogP contribution in [0.3, 0.4) is 0 Å². The van der Waals surface area contributed by atoms with Crippen LogP contribution in [-0.2, 0) is 6.18 Å². The third kappa shape index (κ3) is 4.03. The summed E-state index contributed by atoms with van der Waals surface area (Å²) in [5.74, 6) is 0.296. The minimum atomic E-state index is -4.42. The third-order valence-electron chi connectivity index (χ3n) is 4.68. The highest BCUT2D eigenvalue weighted by molar-refractivity contribution is 6.35. The van der Waals surface area contributed by atoms with Gasteiger partial charge < -0.3 is 9.84 Å². The molecule has 1 aliphatic rings. The number of hydrogen-bond donors (Lipinski definition) is 1. The normalized spacial score (nSPS) is 20.8. The fourth-order valence-corrected chi connectivity index (χ4v) is 3.33. The Morgan fingerprint density at radius 2 is 1.81 bits per heavy atom. The highest BCUT2D eigenvalue weighted by atomic mass is 35.5. The molecule has 0 bridgehead atoms. The van der Waals surface area contributed by atoms with Crippen LogP contribution in [0.25, 0.3) is 11.3 Å². The predicted octanol–water partition coefficient (Wildman–Crippen LogP) is 5.32. The van der Waals surface area contributed by atoms with Crippen molar-refractivity contribution in [1.29, 1.82) is 0 Å². The summed E-state index contributed by atoms with van der Waals surface area (Å²) in [5, 5.41) is 6.59. The Morgan fingerprint density at radius 3 is 2.38 bits per heavy atom. The van der Waals surface area contributed by atoms with Gasteiger partial charge in [-0.2, -0.15) is 13.2 Å². The van der Waals surface area contributed by atoms with E-state index in [0.29, 0.717) is 11.5 Å². The van der Waals surface area contributed by atoms with Gasteiger partial charge in [0, 0.05) is 11.6 Å². The molecule has 1 saturated carbocycles. The summed E-state index contributed by atoms with van der Waals surface area (Å²) in [7, 11) is 0. The number of halogens is 4. The molecule has 0 aliphatic heterocycles. The first-order chi connectivity index (χ1) is 12.3. The second-order valence-electron chi connectivity index (χ2n) is 6.68. The molecule has 2 aromatic rings. The number of nitrogens with zero attached hydrogens (tertiary/aromatic N) is 1. The number of hydrogen-bond acceptors (Lipinski definition) is 3. The van der Waals surface area contributed by atoms with E-state index in [-0.39, 0.29) is 22.5 Å². The van der Waals surface area contributed by atoms with Crippen molar-refractivity contribution in [3.05, 3.63) is 40.5 Å². The first-order valence-corrected chi connectivity index (χ1v) is 8.77. The van der Waals surface area contributed by atoms with E-state index >= 15 is 0 Å². The number of benzene rings is 1. The summed E-state index contributed by atoms with van der Waals surface area (Å²) in [6.45, 7) is 2.18. The molecule has 3 rings (SSSR count). The van der Waals surface area contributed by atoms with Crippen molar-refractivity contribution in [1.82, 2.24) is 10.5 Å². The minimum absolute atomic E-state index is 0.00793. The monoisotopic (exact) mass is 386 g/mol. The van der Waals surface area contributed by atoms with Gasteiger partial charge in [0.25, 0.3) is 5.91 Å². The number of aromatic nitrogens is 1. The van der Waals surface area contributed by atoms with Gasteiger partial charge in [-0.1, -0.05) is 35.8 Å². The summed E-state index contributed by atoms with van der Waals surface area (Å²) in [6.07, 6.45) is -0.531. The molecule has 1 fully saturated rings. The van der Waals surface area contributed by atoms with Crippen LogP contribution in [0.15, 0.2) is 28.8 Å². The van der Waals surface area contributed by atoms with Crippen LogP contribution in [0, 0.1) is 5.92 Å². The average Bonchev–Trinajstić information content (AvgIpc) is 2.98. The molecule has 4 nitrogen and oxygen atoms in total. The number of amides is 1. The number of alkyl halides is 3. The lowest BCUT2D eigenvalue weighted by Gasteiger charge is -2.26. The molecule has 0 atom stereocenters. The van der Waals surface area contributed by atoms with Crippen LogP contribution in [0.5, 0.6) is 0 Å². The van der Waals surface area contributed by atoms with Gasteiger partial charge in [-0.3, -0.25) is 4.79 Å². The fourth-order valence-electron chi connectivity index (χ4n) is 3.07. The Balaban J connectivity index is 1.74. The van der Waals surface area contributed by atoms with E-state index in [1.54, 1.807) is 0 Å². The average molecular weight is 387 g/mol. The molecule has 140 valence electrons. The lowest BCUT2D eigenvalue weighted by atomic mass is 9.87. The Kier molecular flexibility index (Phi) is 5.27. The molecule has 1 aliphatic carbocycles. The van der Waals surface area contributed by atoms with Crippen LogP contribution in [0.4, 0.5) is 13.2 Å². The van der Waals surface area contributed by atoms with E-state index in [1.165, 1.54) is 12.1 Å². The summed E-state index contributed by atoms with van der Waals surface area (Å²) in [4.78, 5) is 12.4. The van der Waals surface area contributed by atoms with Gasteiger partial charge in [0.1, 0.15) is 5.02 Å². The maximum atomic E-state index is 12.6. The second-order valence-corrected chi connectivity index (χ2v) is 7.06. The van der Waals surface area contributed by atoms with E-state index in [2.05, 4.69) is 17.4 Å². The Hall–Kier alpha value is -2.02. The molecule has 1 heterocycles. The summed E-state index contributed by atoms with van der Waals surface area (Å²) in [5.41, 5.74) is -0.511. The first kappa shape index (κ1) is 18.8. The summed E-state index contributed by atoms with van der Waals surface area (Å²) < 4.78 is 43.0. The molecule has 1 N–H and O–H groups in total. The van der Waals surface area contributed by atoms with Gasteiger partial charge in [0.05, 0.1) is 5.56 Å². The van der Waals surface area contributed by atoms with Gasteiger partial charge >= 0.3 is 6.18 Å². The van der Waals surface area contributed by atoms with Crippen molar-refractivity contribution in [2.24, 2.45) is 5.92 Å². The lowest BCUT2D eigenvalue weighted by molar-refractivity contribution is -0.137. The number of nitrogens with one attached hydrogen (secondary N) is 1. The first-order valence-electron chi connectivity index (χ1n) is 8.39. The van der Waals surface area contributed by atoms with Crippen LogP contribution in [0.2, 0.25) is 5.02 Å². The van der Waals surface area contributed by atoms with Crippen molar-refractivity contribution in [2.75, 3.05) is 0 Å². The SMILES string of the molecule is C[C@H]1CC[C@H](NC(=O)c2noc(-c3ccc(C(F)(F)F)cc3)c2Cl)CC1. The standard InChI is InChI=1S/C18H18ClF3N2O2/c1-10-2-8-13(9-3-10)23-17(25)15-14(19)16(26-24-15)11-4-6-12(7-5-11)18(20,21)22/h4-7,10,13H,2-3,8-9H2,1H3,(H,23,25)/t10-,13-. The van der Waals surface area contributed by atoms with Crippen molar-refractivity contribution in [3.8, 4) is 11.3 Å². The minimum Gasteiger partial charge on any atom is -0.354 e. The van der Waals surface area contributed by atoms with Gasteiger partial charge in [0.15, 0.2) is 11.5 Å². The summed E-state index contributed by atoms with van der Waals surface area (Å²) in [6, 6.07) is 4.40. The second kappa shape index (κ2) is 7.31.